The van der Waals surface area contributed by atoms with Crippen LogP contribution in [0, 0.1) is 0 Å². The number of hydrogen-bond acceptors (Lipinski definition) is 3. The maximum absolute atomic E-state index is 12.2. The molecule has 0 fully saturated rings. The molecule has 0 radical (unpaired) electrons. The molecule has 0 aliphatic carbocycles. The van der Waals surface area contributed by atoms with Gasteiger partial charge in [0.05, 0.1) is 0 Å². The van der Waals surface area contributed by atoms with Gasteiger partial charge in [-0.05, 0) is 43.8 Å². The molecule has 0 saturated heterocycles. The van der Waals surface area contributed by atoms with Crippen molar-refractivity contribution in [2.24, 2.45) is 0 Å². The molecule has 150 valence electrons. The Morgan fingerprint density at radius 1 is 0.857 bits per heavy atom. The molecule has 28 heavy (non-hydrogen) atoms. The molecule has 0 aliphatic heterocycles. The van der Waals surface area contributed by atoms with E-state index >= 15 is 0 Å². The van der Waals surface area contributed by atoms with E-state index in [4.69, 9.17) is 0 Å². The Bertz CT molecular complexity index is 758. The van der Waals surface area contributed by atoms with Gasteiger partial charge in [0.1, 0.15) is 0 Å². The molecular weight excluding hydrogens is 352 g/mol. The third-order valence-electron chi connectivity index (χ3n) is 4.60. The van der Waals surface area contributed by atoms with Crippen LogP contribution in [0.2, 0.25) is 0 Å². The number of urea groups is 1. The maximum atomic E-state index is 12.2. The molecule has 0 aliphatic rings. The van der Waals surface area contributed by atoms with Crippen molar-refractivity contribution in [1.82, 2.24) is 20.4 Å². The Hall–Kier alpha value is -2.86. The summed E-state index contributed by atoms with van der Waals surface area (Å²) in [7, 11) is 7.48. The summed E-state index contributed by atoms with van der Waals surface area (Å²) in [6.45, 7) is 0.970. The van der Waals surface area contributed by atoms with Crippen molar-refractivity contribution in [2.75, 3.05) is 34.7 Å². The number of carbonyl (C=O) groups is 2. The van der Waals surface area contributed by atoms with E-state index in [1.807, 2.05) is 44.4 Å². The van der Waals surface area contributed by atoms with Crippen LogP contribution in [0.15, 0.2) is 54.6 Å². The molecule has 6 heteroatoms. The lowest BCUT2D eigenvalue weighted by molar-refractivity contribution is 0.0827. The van der Waals surface area contributed by atoms with Crippen LogP contribution in [0.25, 0.3) is 0 Å². The maximum Gasteiger partial charge on any atom is 0.315 e. The number of benzene rings is 2. The SMILES string of the molecule is CN(C)C(=O)c1ccc(CNC(=O)NCC(Cc2ccccc2)N(C)C)cc1. The van der Waals surface area contributed by atoms with E-state index < -0.39 is 0 Å². The molecule has 2 rings (SSSR count). The molecular formula is C22H30N4O2. The molecule has 0 heterocycles. The van der Waals surface area contributed by atoms with Crippen molar-refractivity contribution in [2.45, 2.75) is 19.0 Å². The van der Waals surface area contributed by atoms with Crippen LogP contribution in [0.3, 0.4) is 0 Å². The van der Waals surface area contributed by atoms with Crippen LogP contribution in [0.1, 0.15) is 21.5 Å². The van der Waals surface area contributed by atoms with Crippen molar-refractivity contribution in [3.63, 3.8) is 0 Å². The quantitative estimate of drug-likeness (QED) is 0.737. The highest BCUT2D eigenvalue weighted by Gasteiger charge is 2.13. The van der Waals surface area contributed by atoms with Crippen molar-refractivity contribution >= 4 is 11.9 Å². The van der Waals surface area contributed by atoms with E-state index in [1.54, 1.807) is 26.2 Å². The molecule has 1 unspecified atom stereocenters. The Morgan fingerprint density at radius 2 is 1.50 bits per heavy atom. The minimum absolute atomic E-state index is 0.0367. The Labute approximate surface area is 167 Å². The molecule has 0 spiro atoms. The molecule has 2 aromatic carbocycles. The second kappa shape index (κ2) is 10.5. The highest BCUT2D eigenvalue weighted by Crippen LogP contribution is 2.07. The lowest BCUT2D eigenvalue weighted by atomic mass is 10.1. The van der Waals surface area contributed by atoms with Gasteiger partial charge in [-0.2, -0.15) is 0 Å². The van der Waals surface area contributed by atoms with Crippen LogP contribution in [-0.4, -0.2) is 62.5 Å². The number of likely N-dealkylation sites (N-methyl/N-ethyl adjacent to an activating group) is 1. The van der Waals surface area contributed by atoms with Gasteiger partial charge >= 0.3 is 6.03 Å². The van der Waals surface area contributed by atoms with Gasteiger partial charge in [-0.15, -0.1) is 0 Å². The van der Waals surface area contributed by atoms with E-state index in [9.17, 15) is 9.59 Å². The number of rotatable bonds is 8. The van der Waals surface area contributed by atoms with Crippen LogP contribution >= 0.6 is 0 Å². The number of nitrogens with zero attached hydrogens (tertiary/aromatic N) is 2. The standard InChI is InChI=1S/C22H30N4O2/c1-25(2)20(14-17-8-6-5-7-9-17)16-24-22(28)23-15-18-10-12-19(13-11-18)21(27)26(3)4/h5-13,20H,14-16H2,1-4H3,(H2,23,24,28). The largest absolute Gasteiger partial charge is 0.345 e. The first-order valence-electron chi connectivity index (χ1n) is 9.39. The molecule has 0 bridgehead atoms. The zero-order valence-electron chi connectivity index (χ0n) is 17.1. The fourth-order valence-electron chi connectivity index (χ4n) is 2.80. The summed E-state index contributed by atoms with van der Waals surface area (Å²) in [5, 5.41) is 5.81. The normalized spacial score (nSPS) is 11.8. The zero-order valence-corrected chi connectivity index (χ0v) is 17.1. The van der Waals surface area contributed by atoms with Gasteiger partial charge in [0, 0.05) is 38.8 Å². The van der Waals surface area contributed by atoms with E-state index in [-0.39, 0.29) is 18.0 Å². The van der Waals surface area contributed by atoms with Gasteiger partial charge in [-0.3, -0.25) is 4.79 Å². The molecule has 0 saturated carbocycles. The minimum atomic E-state index is -0.201. The molecule has 6 nitrogen and oxygen atoms in total. The lowest BCUT2D eigenvalue weighted by Gasteiger charge is -2.25. The van der Waals surface area contributed by atoms with Crippen LogP contribution in [0.5, 0.6) is 0 Å². The van der Waals surface area contributed by atoms with Crippen LogP contribution in [-0.2, 0) is 13.0 Å². The average Bonchev–Trinajstić information content (AvgIpc) is 2.69. The summed E-state index contributed by atoms with van der Waals surface area (Å²) in [5.41, 5.74) is 2.82. The number of amides is 3. The highest BCUT2D eigenvalue weighted by atomic mass is 16.2. The first-order valence-corrected chi connectivity index (χ1v) is 9.39. The second-order valence-corrected chi connectivity index (χ2v) is 7.27. The van der Waals surface area contributed by atoms with Crippen molar-refractivity contribution < 1.29 is 9.59 Å². The fraction of sp³-hybridized carbons (Fsp3) is 0.364. The Balaban J connectivity index is 1.80. The molecule has 1 atom stereocenters. The van der Waals surface area contributed by atoms with Gasteiger partial charge < -0.3 is 20.4 Å². The number of hydrogen-bond donors (Lipinski definition) is 2. The zero-order chi connectivity index (χ0) is 20.5. The van der Waals surface area contributed by atoms with Crippen molar-refractivity contribution in [3.8, 4) is 0 Å². The van der Waals surface area contributed by atoms with Crippen molar-refractivity contribution in [3.05, 3.63) is 71.3 Å². The summed E-state index contributed by atoms with van der Waals surface area (Å²) in [6.07, 6.45) is 0.871. The molecule has 3 amide bonds. The summed E-state index contributed by atoms with van der Waals surface area (Å²) < 4.78 is 0. The van der Waals surface area contributed by atoms with E-state index in [0.29, 0.717) is 18.7 Å². The smallest absolute Gasteiger partial charge is 0.315 e. The minimum Gasteiger partial charge on any atom is -0.345 e. The average molecular weight is 383 g/mol. The van der Waals surface area contributed by atoms with Crippen LogP contribution in [0.4, 0.5) is 4.79 Å². The van der Waals surface area contributed by atoms with E-state index in [2.05, 4.69) is 27.7 Å². The first-order chi connectivity index (χ1) is 13.4. The Kier molecular flexibility index (Phi) is 8.02. The third kappa shape index (κ3) is 6.70. The number of nitrogens with one attached hydrogen (secondary N) is 2. The van der Waals surface area contributed by atoms with E-state index in [0.717, 1.165) is 12.0 Å². The lowest BCUT2D eigenvalue weighted by Crippen LogP contribution is -2.44. The summed E-state index contributed by atoms with van der Waals surface area (Å²) >= 11 is 0. The van der Waals surface area contributed by atoms with Gasteiger partial charge in [-0.1, -0.05) is 42.5 Å². The second-order valence-electron chi connectivity index (χ2n) is 7.27. The summed E-state index contributed by atoms with van der Waals surface area (Å²) in [5.74, 6) is -0.0367. The topological polar surface area (TPSA) is 64.7 Å². The molecule has 0 aromatic heterocycles. The van der Waals surface area contributed by atoms with Gasteiger partial charge in [0.15, 0.2) is 0 Å². The summed E-state index contributed by atoms with van der Waals surface area (Å²) in [4.78, 5) is 27.7. The van der Waals surface area contributed by atoms with Crippen LogP contribution < -0.4 is 10.6 Å². The van der Waals surface area contributed by atoms with E-state index in [1.165, 1.54) is 10.5 Å². The predicted molar refractivity (Wildman–Crippen MR) is 112 cm³/mol. The third-order valence-corrected chi connectivity index (χ3v) is 4.60. The summed E-state index contributed by atoms with van der Waals surface area (Å²) in [6, 6.07) is 17.5. The fourth-order valence-corrected chi connectivity index (χ4v) is 2.80. The highest BCUT2D eigenvalue weighted by molar-refractivity contribution is 5.93. The molecule has 2 aromatic rings. The van der Waals surface area contributed by atoms with Gasteiger partial charge in [-0.25, -0.2) is 4.79 Å². The van der Waals surface area contributed by atoms with Gasteiger partial charge in [0.2, 0.25) is 0 Å². The van der Waals surface area contributed by atoms with Crippen molar-refractivity contribution in [1.29, 1.82) is 0 Å². The number of carbonyl (C=O) groups excluding carboxylic acids is 2. The molecule has 2 N–H and O–H groups in total. The predicted octanol–water partition coefficient (Wildman–Crippen LogP) is 2.36. The first kappa shape index (κ1) is 21.4. The monoisotopic (exact) mass is 382 g/mol. The Morgan fingerprint density at radius 3 is 2.07 bits per heavy atom. The van der Waals surface area contributed by atoms with Gasteiger partial charge in [0.25, 0.3) is 5.91 Å².